The molecular weight excluding hydrogens is 291 g/mol. The third-order valence-electron chi connectivity index (χ3n) is 4.86. The van der Waals surface area contributed by atoms with E-state index in [0.29, 0.717) is 0 Å². The molecule has 0 saturated heterocycles. The van der Waals surface area contributed by atoms with Gasteiger partial charge in [-0.15, -0.1) is 23.2 Å². The van der Waals surface area contributed by atoms with Gasteiger partial charge in [-0.1, -0.05) is 50.7 Å². The van der Waals surface area contributed by atoms with Crippen LogP contribution in [-0.2, 0) is 0 Å². The first-order valence-electron chi connectivity index (χ1n) is 8.11. The highest BCUT2D eigenvalue weighted by molar-refractivity contribution is 6.65. The molecule has 0 radical (unpaired) electrons. The van der Waals surface area contributed by atoms with Crippen molar-refractivity contribution in [3.05, 3.63) is 12.2 Å². The molecule has 2 rings (SSSR count). The lowest BCUT2D eigenvalue weighted by Crippen LogP contribution is -2.11. The molecule has 2 aliphatic rings. The largest absolute Gasteiger partial charge is 0.107 e. The summed E-state index contributed by atoms with van der Waals surface area (Å²) in [6, 6.07) is 0. The predicted octanol–water partition coefficient (Wildman–Crippen LogP) is 4.82. The molecule has 0 heterocycles. The lowest BCUT2D eigenvalue weighted by atomic mass is 9.88. The molecule has 0 aromatic heterocycles. The Kier molecular flexibility index (Phi) is 6.30. The van der Waals surface area contributed by atoms with Gasteiger partial charge in [-0.05, 0) is 43.4 Å². The van der Waals surface area contributed by atoms with Crippen LogP contribution < -0.4 is 0 Å². The number of halogens is 2. The summed E-state index contributed by atoms with van der Waals surface area (Å²) >= 11 is 12.0. The summed E-state index contributed by atoms with van der Waals surface area (Å²) in [5.74, 6) is 2.91. The second kappa shape index (κ2) is 7.52. The van der Waals surface area contributed by atoms with E-state index >= 15 is 0 Å². The molecule has 0 aliphatic heterocycles. The standard InChI is InChI=1S/C16H28Cl2Si/c17-16(18,19)10-6-4-2-1-3-5-7-14-11-13-8-9-15(14)12-13/h8-9,13-15H,1-7,10-12H2,19H3. The number of hydrogen-bond acceptors (Lipinski definition) is 0. The molecule has 0 spiro atoms. The van der Waals surface area contributed by atoms with Crippen molar-refractivity contribution in [3.63, 3.8) is 0 Å². The van der Waals surface area contributed by atoms with E-state index in [0.717, 1.165) is 34.4 Å². The molecule has 1 saturated carbocycles. The van der Waals surface area contributed by atoms with Gasteiger partial charge in [-0.2, -0.15) is 0 Å². The lowest BCUT2D eigenvalue weighted by Gasteiger charge is -2.17. The second-order valence-electron chi connectivity index (χ2n) is 6.77. The third-order valence-corrected chi connectivity index (χ3v) is 5.74. The van der Waals surface area contributed by atoms with Crippen molar-refractivity contribution < 1.29 is 0 Å². The van der Waals surface area contributed by atoms with E-state index in [4.69, 9.17) is 23.2 Å². The highest BCUT2D eigenvalue weighted by Crippen LogP contribution is 2.45. The van der Waals surface area contributed by atoms with Crippen LogP contribution in [-0.4, -0.2) is 14.2 Å². The maximum Gasteiger partial charge on any atom is 0.0972 e. The summed E-state index contributed by atoms with van der Waals surface area (Å²) in [5, 5.41) is 0. The van der Waals surface area contributed by atoms with Crippen LogP contribution in [0.15, 0.2) is 12.2 Å². The fraction of sp³-hybridized carbons (Fsp3) is 0.875. The summed E-state index contributed by atoms with van der Waals surface area (Å²) in [6.07, 6.45) is 18.5. The lowest BCUT2D eigenvalue weighted by molar-refractivity contribution is 0.393. The van der Waals surface area contributed by atoms with E-state index < -0.39 is 0 Å². The van der Waals surface area contributed by atoms with Gasteiger partial charge in [0, 0.05) is 10.2 Å². The molecular formula is C16H28Cl2Si. The summed E-state index contributed by atoms with van der Waals surface area (Å²) in [6.45, 7) is 0. The van der Waals surface area contributed by atoms with Crippen molar-refractivity contribution in [1.29, 1.82) is 0 Å². The molecule has 0 amide bonds. The molecule has 3 unspecified atom stereocenters. The quantitative estimate of drug-likeness (QED) is 0.247. The van der Waals surface area contributed by atoms with Gasteiger partial charge in [0.15, 0.2) is 0 Å². The fourth-order valence-electron chi connectivity index (χ4n) is 3.78. The van der Waals surface area contributed by atoms with Crippen LogP contribution in [0.5, 0.6) is 0 Å². The maximum atomic E-state index is 6.02. The number of allylic oxidation sites excluding steroid dienone is 2. The zero-order valence-electron chi connectivity index (χ0n) is 12.2. The Hall–Kier alpha value is 0.537. The van der Waals surface area contributed by atoms with Crippen molar-refractivity contribution in [2.45, 2.75) is 68.2 Å². The smallest absolute Gasteiger partial charge is 0.0972 e. The molecule has 0 N–H and O–H groups in total. The van der Waals surface area contributed by atoms with Crippen molar-refractivity contribution in [3.8, 4) is 0 Å². The Labute approximate surface area is 131 Å². The van der Waals surface area contributed by atoms with Crippen LogP contribution in [0.25, 0.3) is 0 Å². The van der Waals surface area contributed by atoms with Crippen LogP contribution in [0.4, 0.5) is 0 Å². The zero-order valence-corrected chi connectivity index (χ0v) is 15.7. The molecule has 2 aliphatic carbocycles. The molecule has 19 heavy (non-hydrogen) atoms. The van der Waals surface area contributed by atoms with Gasteiger partial charge in [0.1, 0.15) is 0 Å². The topological polar surface area (TPSA) is 0 Å². The Morgan fingerprint density at radius 3 is 2.21 bits per heavy atom. The molecule has 0 aromatic rings. The van der Waals surface area contributed by atoms with Crippen molar-refractivity contribution >= 4 is 33.4 Å². The molecule has 3 heteroatoms. The first kappa shape index (κ1) is 15.9. The fourth-order valence-corrected chi connectivity index (χ4v) is 4.40. The van der Waals surface area contributed by atoms with E-state index in [-0.39, 0.29) is 3.96 Å². The number of unbranched alkanes of at least 4 members (excludes halogenated alkanes) is 5. The molecule has 2 bridgehead atoms. The van der Waals surface area contributed by atoms with Gasteiger partial charge in [0.2, 0.25) is 0 Å². The van der Waals surface area contributed by atoms with Gasteiger partial charge in [-0.3, -0.25) is 0 Å². The van der Waals surface area contributed by atoms with Crippen molar-refractivity contribution in [1.82, 2.24) is 0 Å². The molecule has 0 aromatic carbocycles. The third kappa shape index (κ3) is 5.81. The van der Waals surface area contributed by atoms with E-state index in [1.807, 2.05) is 0 Å². The van der Waals surface area contributed by atoms with Crippen LogP contribution in [0.1, 0.15) is 64.2 Å². The average Bonchev–Trinajstić information content (AvgIpc) is 2.93. The number of rotatable bonds is 9. The summed E-state index contributed by atoms with van der Waals surface area (Å²) in [7, 11) is 0.879. The predicted molar refractivity (Wildman–Crippen MR) is 90.2 cm³/mol. The number of hydrogen-bond donors (Lipinski definition) is 0. The van der Waals surface area contributed by atoms with Crippen LogP contribution in [0.3, 0.4) is 0 Å². The number of alkyl halides is 2. The second-order valence-corrected chi connectivity index (χ2v) is 11.6. The molecule has 110 valence electrons. The minimum absolute atomic E-state index is 0.380. The van der Waals surface area contributed by atoms with Crippen LogP contribution in [0.2, 0.25) is 0 Å². The van der Waals surface area contributed by atoms with E-state index in [2.05, 4.69) is 12.2 Å². The zero-order chi connectivity index (χ0) is 13.7. The van der Waals surface area contributed by atoms with Crippen molar-refractivity contribution in [2.24, 2.45) is 17.8 Å². The minimum Gasteiger partial charge on any atom is -0.107 e. The Morgan fingerprint density at radius 1 is 0.947 bits per heavy atom. The van der Waals surface area contributed by atoms with E-state index in [1.54, 1.807) is 0 Å². The molecule has 0 nitrogen and oxygen atoms in total. The van der Waals surface area contributed by atoms with Gasteiger partial charge in [0.05, 0.1) is 3.96 Å². The van der Waals surface area contributed by atoms with Crippen molar-refractivity contribution in [2.75, 3.05) is 0 Å². The SMILES string of the molecule is [SiH3]C(Cl)(Cl)CCCCCCCCC1CC2C=CC1C2. The summed E-state index contributed by atoms with van der Waals surface area (Å²) < 4.78 is -0.380. The molecule has 1 fully saturated rings. The van der Waals surface area contributed by atoms with Gasteiger partial charge >= 0.3 is 0 Å². The number of fused-ring (bicyclic) bond motifs is 2. The average molecular weight is 319 g/mol. The monoisotopic (exact) mass is 318 g/mol. The molecule has 3 atom stereocenters. The first-order valence-corrected chi connectivity index (χ1v) is 9.86. The van der Waals surface area contributed by atoms with E-state index in [9.17, 15) is 0 Å². The maximum absolute atomic E-state index is 6.02. The Bertz CT molecular complexity index is 296. The van der Waals surface area contributed by atoms with Crippen LogP contribution in [0, 0.1) is 17.8 Å². The first-order chi connectivity index (χ1) is 9.04. The van der Waals surface area contributed by atoms with Gasteiger partial charge in [-0.25, -0.2) is 0 Å². The normalized spacial score (nSPS) is 29.5. The highest BCUT2D eigenvalue weighted by Gasteiger charge is 2.34. The van der Waals surface area contributed by atoms with Crippen LogP contribution >= 0.6 is 23.2 Å². The van der Waals surface area contributed by atoms with Gasteiger partial charge in [0.25, 0.3) is 0 Å². The Morgan fingerprint density at radius 2 is 1.63 bits per heavy atom. The summed E-state index contributed by atoms with van der Waals surface area (Å²) in [5.41, 5.74) is 0. The van der Waals surface area contributed by atoms with Gasteiger partial charge < -0.3 is 0 Å². The van der Waals surface area contributed by atoms with E-state index in [1.165, 1.54) is 57.8 Å². The highest BCUT2D eigenvalue weighted by atomic mass is 35.5. The summed E-state index contributed by atoms with van der Waals surface area (Å²) in [4.78, 5) is 0. The Balaban J connectivity index is 1.40. The minimum atomic E-state index is -0.380.